The summed E-state index contributed by atoms with van der Waals surface area (Å²) in [5.74, 6) is -9.48. The highest BCUT2D eigenvalue weighted by Crippen LogP contribution is 2.55. The van der Waals surface area contributed by atoms with E-state index in [1.54, 1.807) is 0 Å². The molecule has 7 heteroatoms. The molecule has 0 aromatic rings. The van der Waals surface area contributed by atoms with Gasteiger partial charge in [-0.1, -0.05) is 0 Å². The van der Waals surface area contributed by atoms with Crippen molar-refractivity contribution in [3.8, 4) is 0 Å². The maximum absolute atomic E-state index is 11.9. The molecule has 0 atom stereocenters. The summed E-state index contributed by atoms with van der Waals surface area (Å²) in [6, 6.07) is 0. The average molecular weight is 194 g/mol. The third-order valence-electron chi connectivity index (χ3n) is 1.30. The largest absolute Gasteiger partial charge is 0.457 e. The van der Waals surface area contributed by atoms with Gasteiger partial charge in [0.2, 0.25) is 0 Å². The number of allylic oxidation sites excluding steroid dienone is 2. The highest BCUT2D eigenvalue weighted by atomic mass is 19.4. The van der Waals surface area contributed by atoms with E-state index in [0.717, 1.165) is 0 Å². The van der Waals surface area contributed by atoms with E-state index in [1.807, 2.05) is 0 Å². The van der Waals surface area contributed by atoms with E-state index in [9.17, 15) is 30.7 Å². The molecule has 1 aliphatic carbocycles. The molecule has 0 radical (unpaired) electrons. The Balaban J connectivity index is 2.83. The van der Waals surface area contributed by atoms with E-state index < -0.39 is 29.7 Å². The van der Waals surface area contributed by atoms with Crippen LogP contribution in [-0.2, 0) is 0 Å². The second-order valence-electron chi connectivity index (χ2n) is 2.25. The van der Waals surface area contributed by atoms with E-state index in [0.29, 0.717) is 0 Å². The lowest BCUT2D eigenvalue weighted by molar-refractivity contribution is -0.266. The predicted octanol–water partition coefficient (Wildman–Crippen LogP) is 2.76. The van der Waals surface area contributed by atoms with Gasteiger partial charge < -0.3 is 0 Å². The molecule has 0 heterocycles. The van der Waals surface area contributed by atoms with Crippen LogP contribution in [0, 0.1) is 0 Å². The van der Waals surface area contributed by atoms with Crippen molar-refractivity contribution in [1.82, 2.24) is 0 Å². The Kier molecular flexibility index (Phi) is 1.51. The van der Waals surface area contributed by atoms with Crippen LogP contribution < -0.4 is 0 Å². The summed E-state index contributed by atoms with van der Waals surface area (Å²) in [5.41, 5.74) is -2.16. The van der Waals surface area contributed by atoms with Gasteiger partial charge in [-0.2, -0.15) is 30.7 Å². The number of hydrogen-bond acceptors (Lipinski definition) is 0. The summed E-state index contributed by atoms with van der Waals surface area (Å²) >= 11 is 0. The second-order valence-corrected chi connectivity index (χ2v) is 2.25. The van der Waals surface area contributed by atoms with Crippen LogP contribution in [0.2, 0.25) is 0 Å². The van der Waals surface area contributed by atoms with Crippen LogP contribution in [0.4, 0.5) is 30.7 Å². The van der Waals surface area contributed by atoms with Crippen molar-refractivity contribution >= 4 is 0 Å². The van der Waals surface area contributed by atoms with Gasteiger partial charge in [0.1, 0.15) is 0 Å². The molecule has 0 N–H and O–H groups in total. The Morgan fingerprint density at radius 1 is 1.00 bits per heavy atom. The van der Waals surface area contributed by atoms with E-state index in [1.165, 1.54) is 0 Å². The number of alkyl halides is 7. The molecular weight excluding hydrogens is 193 g/mol. The molecule has 0 aromatic carbocycles. The number of halogens is 7. The van der Waals surface area contributed by atoms with Crippen LogP contribution in [0.3, 0.4) is 0 Å². The topological polar surface area (TPSA) is 0 Å². The zero-order valence-corrected chi connectivity index (χ0v) is 5.22. The maximum atomic E-state index is 11.9. The first-order valence-electron chi connectivity index (χ1n) is 2.65. The van der Waals surface area contributed by atoms with Crippen molar-refractivity contribution in [3.63, 3.8) is 0 Å². The predicted molar refractivity (Wildman–Crippen MR) is 24.0 cm³/mol. The Morgan fingerprint density at radius 3 is 1.42 bits per heavy atom. The molecule has 0 saturated heterocycles. The SMILES string of the molecule is FC1(F)C=C1C(F)(F)C(F)(F)F. The first kappa shape index (κ1) is 9.34. The molecule has 0 fully saturated rings. The molecule has 0 nitrogen and oxygen atoms in total. The summed E-state index contributed by atoms with van der Waals surface area (Å²) in [7, 11) is 0. The molecule has 0 unspecified atom stereocenters. The van der Waals surface area contributed by atoms with Crippen LogP contribution in [0.1, 0.15) is 0 Å². The monoisotopic (exact) mass is 194 g/mol. The average Bonchev–Trinajstić information content (AvgIpc) is 2.37. The molecule has 0 aromatic heterocycles. The van der Waals surface area contributed by atoms with E-state index >= 15 is 0 Å². The van der Waals surface area contributed by atoms with Crippen molar-refractivity contribution in [2.24, 2.45) is 0 Å². The number of hydrogen-bond donors (Lipinski definition) is 0. The summed E-state index contributed by atoms with van der Waals surface area (Å²) in [4.78, 5) is 0. The molecule has 70 valence electrons. The van der Waals surface area contributed by atoms with Gasteiger partial charge in [-0.05, 0) is 0 Å². The molecule has 0 aliphatic heterocycles. The third-order valence-corrected chi connectivity index (χ3v) is 1.30. The zero-order chi connectivity index (χ0) is 9.78. The zero-order valence-electron chi connectivity index (χ0n) is 5.22. The standard InChI is InChI=1S/C5HF7/c6-3(7)1-2(3)4(8,9)5(10,11)12/h1H. The highest BCUT2D eigenvalue weighted by Gasteiger charge is 2.71. The first-order chi connectivity index (χ1) is 5.09. The van der Waals surface area contributed by atoms with Gasteiger partial charge in [0, 0.05) is 6.08 Å². The van der Waals surface area contributed by atoms with Crippen molar-refractivity contribution in [3.05, 3.63) is 11.6 Å². The quantitative estimate of drug-likeness (QED) is 0.444. The van der Waals surface area contributed by atoms with Crippen molar-refractivity contribution in [1.29, 1.82) is 0 Å². The van der Waals surface area contributed by atoms with Gasteiger partial charge in [0.25, 0.3) is 5.92 Å². The third kappa shape index (κ3) is 1.16. The Labute approximate surface area is 61.7 Å². The van der Waals surface area contributed by atoms with E-state index in [4.69, 9.17) is 0 Å². The fraction of sp³-hybridized carbons (Fsp3) is 0.600. The summed E-state index contributed by atoms with van der Waals surface area (Å²) in [5, 5.41) is 0. The summed E-state index contributed by atoms with van der Waals surface area (Å²) in [6.07, 6.45) is -6.35. The van der Waals surface area contributed by atoms with Gasteiger partial charge >= 0.3 is 12.1 Å². The maximum Gasteiger partial charge on any atom is 0.457 e. The van der Waals surface area contributed by atoms with Gasteiger partial charge in [-0.25, -0.2) is 0 Å². The van der Waals surface area contributed by atoms with Crippen LogP contribution in [0.5, 0.6) is 0 Å². The minimum atomic E-state index is -5.95. The second kappa shape index (κ2) is 1.94. The lowest BCUT2D eigenvalue weighted by Gasteiger charge is -2.17. The van der Waals surface area contributed by atoms with Crippen molar-refractivity contribution < 1.29 is 30.7 Å². The smallest absolute Gasteiger partial charge is 0.197 e. The molecule has 0 spiro atoms. The van der Waals surface area contributed by atoms with E-state index in [2.05, 4.69) is 0 Å². The van der Waals surface area contributed by atoms with Crippen molar-refractivity contribution in [2.45, 2.75) is 18.0 Å². The minimum Gasteiger partial charge on any atom is -0.197 e. The molecule has 0 saturated carbocycles. The molecule has 12 heavy (non-hydrogen) atoms. The Hall–Kier alpha value is -0.750. The van der Waals surface area contributed by atoms with Gasteiger partial charge in [0.05, 0.1) is 5.57 Å². The summed E-state index contributed by atoms with van der Waals surface area (Å²) in [6.45, 7) is 0. The molecule has 0 bridgehead atoms. The lowest BCUT2D eigenvalue weighted by Crippen LogP contribution is -2.37. The van der Waals surface area contributed by atoms with Crippen LogP contribution in [0.25, 0.3) is 0 Å². The van der Waals surface area contributed by atoms with Gasteiger partial charge in [-0.3, -0.25) is 0 Å². The summed E-state index contributed by atoms with van der Waals surface area (Å²) < 4.78 is 81.4. The van der Waals surface area contributed by atoms with Crippen LogP contribution >= 0.6 is 0 Å². The fourth-order valence-electron chi connectivity index (χ4n) is 0.598. The minimum absolute atomic E-state index is 0.402. The molecule has 1 rings (SSSR count). The highest BCUT2D eigenvalue weighted by molar-refractivity contribution is 5.44. The normalized spacial score (nSPS) is 22.1. The van der Waals surface area contributed by atoms with E-state index in [-0.39, 0.29) is 0 Å². The van der Waals surface area contributed by atoms with Crippen molar-refractivity contribution in [2.75, 3.05) is 0 Å². The molecular formula is C5HF7. The van der Waals surface area contributed by atoms with Crippen LogP contribution in [-0.4, -0.2) is 18.0 Å². The Bertz CT molecular complexity index is 233. The Morgan fingerprint density at radius 2 is 1.33 bits per heavy atom. The van der Waals surface area contributed by atoms with Gasteiger partial charge in [-0.15, -0.1) is 0 Å². The molecule has 0 amide bonds. The van der Waals surface area contributed by atoms with Gasteiger partial charge in [0.15, 0.2) is 0 Å². The molecule has 1 aliphatic rings. The van der Waals surface area contributed by atoms with Crippen LogP contribution in [0.15, 0.2) is 11.6 Å². The lowest BCUT2D eigenvalue weighted by atomic mass is 10.2. The number of rotatable bonds is 1. The first-order valence-corrected chi connectivity index (χ1v) is 2.65. The fourth-order valence-corrected chi connectivity index (χ4v) is 0.598.